The molecule has 202 valence electrons. The van der Waals surface area contributed by atoms with Crippen molar-refractivity contribution in [3.8, 4) is 0 Å². The number of carbonyl (C=O) groups excluding carboxylic acids is 2. The van der Waals surface area contributed by atoms with Gasteiger partial charge >= 0.3 is 0 Å². The van der Waals surface area contributed by atoms with Crippen LogP contribution in [-0.4, -0.2) is 44.3 Å². The number of halogens is 3. The zero-order valence-corrected chi connectivity index (χ0v) is 23.4. The van der Waals surface area contributed by atoms with Crippen LogP contribution in [0.1, 0.15) is 25.0 Å². The second kappa shape index (κ2) is 12.6. The highest BCUT2D eigenvalue weighted by atomic mass is 35.5. The quantitative estimate of drug-likeness (QED) is 0.358. The van der Waals surface area contributed by atoms with E-state index < -0.39 is 40.2 Å². The van der Waals surface area contributed by atoms with Crippen molar-refractivity contribution in [2.24, 2.45) is 0 Å². The van der Waals surface area contributed by atoms with Crippen molar-refractivity contribution in [2.45, 2.75) is 38.3 Å². The molecule has 0 radical (unpaired) electrons. The van der Waals surface area contributed by atoms with Gasteiger partial charge in [-0.3, -0.25) is 13.9 Å². The summed E-state index contributed by atoms with van der Waals surface area (Å²) in [5, 5.41) is 3.01. The fourth-order valence-corrected chi connectivity index (χ4v) is 5.40. The second-order valence-electron chi connectivity index (χ2n) is 8.64. The third-order valence-electron chi connectivity index (χ3n) is 5.86. The topological polar surface area (TPSA) is 86.8 Å². The zero-order chi connectivity index (χ0) is 28.0. The predicted octanol–water partition coefficient (Wildman–Crippen LogP) is 5.19. The Bertz CT molecular complexity index is 1400. The Kier molecular flexibility index (Phi) is 9.76. The molecule has 0 fully saturated rings. The second-order valence-corrected chi connectivity index (χ2v) is 11.3. The molecule has 0 aliphatic heterocycles. The highest BCUT2D eigenvalue weighted by Crippen LogP contribution is 2.31. The third kappa shape index (κ3) is 7.03. The van der Waals surface area contributed by atoms with Gasteiger partial charge in [-0.05, 0) is 68.8 Å². The number of sulfonamides is 1. The van der Waals surface area contributed by atoms with Crippen molar-refractivity contribution in [1.29, 1.82) is 0 Å². The molecule has 1 N–H and O–H groups in total. The van der Waals surface area contributed by atoms with Crippen LogP contribution in [0.25, 0.3) is 0 Å². The van der Waals surface area contributed by atoms with Crippen molar-refractivity contribution in [1.82, 2.24) is 10.2 Å². The lowest BCUT2D eigenvalue weighted by molar-refractivity contribution is -0.139. The maximum atomic E-state index is 13.8. The van der Waals surface area contributed by atoms with Gasteiger partial charge in [-0.1, -0.05) is 53.0 Å². The molecule has 1 unspecified atom stereocenters. The van der Waals surface area contributed by atoms with E-state index in [1.807, 2.05) is 6.92 Å². The number of anilines is 1. The van der Waals surface area contributed by atoms with Crippen LogP contribution in [0.15, 0.2) is 71.6 Å². The average Bonchev–Trinajstić information content (AvgIpc) is 2.88. The van der Waals surface area contributed by atoms with Crippen molar-refractivity contribution in [2.75, 3.05) is 17.4 Å². The van der Waals surface area contributed by atoms with Crippen LogP contribution in [-0.2, 0) is 26.2 Å². The molecule has 3 rings (SSSR count). The maximum absolute atomic E-state index is 13.8. The zero-order valence-electron chi connectivity index (χ0n) is 21.1. The van der Waals surface area contributed by atoms with Crippen LogP contribution in [0.5, 0.6) is 0 Å². The normalized spacial score (nSPS) is 12.1. The minimum absolute atomic E-state index is 0.0242. The Hall–Kier alpha value is -3.14. The van der Waals surface area contributed by atoms with E-state index in [4.69, 9.17) is 23.2 Å². The lowest BCUT2D eigenvalue weighted by Crippen LogP contribution is -2.51. The van der Waals surface area contributed by atoms with Gasteiger partial charge in [-0.2, -0.15) is 0 Å². The maximum Gasteiger partial charge on any atom is 0.264 e. The molecule has 0 bridgehead atoms. The van der Waals surface area contributed by atoms with Gasteiger partial charge in [0.15, 0.2) is 0 Å². The highest BCUT2D eigenvalue weighted by molar-refractivity contribution is 7.92. The minimum Gasteiger partial charge on any atom is -0.355 e. The molecule has 0 heterocycles. The number of likely N-dealkylation sites (N-methyl/N-ethyl adjacent to an activating group) is 1. The van der Waals surface area contributed by atoms with Gasteiger partial charge in [0.1, 0.15) is 18.4 Å². The standard InChI is InChI=1S/C27H28Cl2FN3O4S/c1-4-31-27(35)19(3)32(16-20-7-9-21(30)10-8-20)26(34)17-33(22-11-14-24(28)25(29)15-22)38(36,37)23-12-5-18(2)6-13-23/h5-15,19H,4,16-17H2,1-3H3,(H,31,35). The van der Waals surface area contributed by atoms with Gasteiger partial charge in [0.05, 0.1) is 20.6 Å². The SMILES string of the molecule is CCNC(=O)C(C)N(Cc1ccc(F)cc1)C(=O)CN(c1ccc(Cl)c(Cl)c1)S(=O)(=O)c1ccc(C)cc1. The third-order valence-corrected chi connectivity index (χ3v) is 8.39. The number of benzene rings is 3. The van der Waals surface area contributed by atoms with E-state index >= 15 is 0 Å². The summed E-state index contributed by atoms with van der Waals surface area (Å²) in [6.45, 7) is 4.79. The van der Waals surface area contributed by atoms with Crippen molar-refractivity contribution in [3.63, 3.8) is 0 Å². The molecule has 0 aliphatic rings. The smallest absolute Gasteiger partial charge is 0.264 e. The molecule has 7 nitrogen and oxygen atoms in total. The molecule has 3 aromatic carbocycles. The number of hydrogen-bond donors (Lipinski definition) is 1. The fourth-order valence-electron chi connectivity index (χ4n) is 3.70. The van der Waals surface area contributed by atoms with Gasteiger partial charge in [0, 0.05) is 13.1 Å². The summed E-state index contributed by atoms with van der Waals surface area (Å²) in [6, 6.07) is 15.0. The van der Waals surface area contributed by atoms with E-state index in [0.29, 0.717) is 12.1 Å². The molecule has 11 heteroatoms. The molecule has 38 heavy (non-hydrogen) atoms. The molecule has 0 spiro atoms. The summed E-state index contributed by atoms with van der Waals surface area (Å²) in [5.74, 6) is -1.50. The van der Waals surface area contributed by atoms with E-state index in [2.05, 4.69) is 5.32 Å². The van der Waals surface area contributed by atoms with Crippen molar-refractivity contribution >= 4 is 50.7 Å². The molecule has 2 amide bonds. The molecule has 0 aromatic heterocycles. The Balaban J connectivity index is 2.05. The number of nitrogens with zero attached hydrogens (tertiary/aromatic N) is 2. The molecule has 0 saturated heterocycles. The largest absolute Gasteiger partial charge is 0.355 e. The van der Waals surface area contributed by atoms with Gasteiger partial charge in [-0.25, -0.2) is 12.8 Å². The summed E-state index contributed by atoms with van der Waals surface area (Å²) >= 11 is 12.2. The van der Waals surface area contributed by atoms with E-state index in [0.717, 1.165) is 9.87 Å². The molecular weight excluding hydrogens is 552 g/mol. The fraction of sp³-hybridized carbons (Fsp3) is 0.259. The Morgan fingerprint density at radius 3 is 2.18 bits per heavy atom. The van der Waals surface area contributed by atoms with Gasteiger partial charge < -0.3 is 10.2 Å². The molecule has 3 aromatic rings. The first-order valence-electron chi connectivity index (χ1n) is 11.8. The van der Waals surface area contributed by atoms with Crippen molar-refractivity contribution in [3.05, 3.63) is 93.7 Å². The summed E-state index contributed by atoms with van der Waals surface area (Å²) in [5.41, 5.74) is 1.56. The Morgan fingerprint density at radius 1 is 0.974 bits per heavy atom. The van der Waals surface area contributed by atoms with Crippen LogP contribution >= 0.6 is 23.2 Å². The predicted molar refractivity (Wildman–Crippen MR) is 147 cm³/mol. The van der Waals surface area contributed by atoms with Crippen LogP contribution in [0.4, 0.5) is 10.1 Å². The van der Waals surface area contributed by atoms with Crippen molar-refractivity contribution < 1.29 is 22.4 Å². The highest BCUT2D eigenvalue weighted by Gasteiger charge is 2.32. The minimum atomic E-state index is -4.23. The van der Waals surface area contributed by atoms with Crippen LogP contribution < -0.4 is 9.62 Å². The molecule has 0 saturated carbocycles. The number of amides is 2. The number of nitrogens with one attached hydrogen (secondary N) is 1. The van der Waals surface area contributed by atoms with Gasteiger partial charge in [-0.15, -0.1) is 0 Å². The molecule has 1 atom stereocenters. The first-order chi connectivity index (χ1) is 17.9. The Labute approximate surface area is 232 Å². The number of rotatable bonds is 10. The Morgan fingerprint density at radius 2 is 1.61 bits per heavy atom. The monoisotopic (exact) mass is 579 g/mol. The molecular formula is C27H28Cl2FN3O4S. The lowest BCUT2D eigenvalue weighted by Gasteiger charge is -2.32. The van der Waals surface area contributed by atoms with Crippen LogP contribution in [0.2, 0.25) is 10.0 Å². The van der Waals surface area contributed by atoms with E-state index in [1.165, 1.54) is 59.5 Å². The summed E-state index contributed by atoms with van der Waals surface area (Å²) in [6.07, 6.45) is 0. The summed E-state index contributed by atoms with van der Waals surface area (Å²) in [7, 11) is -4.23. The van der Waals surface area contributed by atoms with Gasteiger partial charge in [0.2, 0.25) is 11.8 Å². The van der Waals surface area contributed by atoms with E-state index in [9.17, 15) is 22.4 Å². The molecule has 0 aliphatic carbocycles. The van der Waals surface area contributed by atoms with Gasteiger partial charge in [0.25, 0.3) is 10.0 Å². The van der Waals surface area contributed by atoms with E-state index in [-0.39, 0.29) is 27.2 Å². The van der Waals surface area contributed by atoms with Crippen LogP contribution in [0.3, 0.4) is 0 Å². The first-order valence-corrected chi connectivity index (χ1v) is 14.0. The number of hydrogen-bond acceptors (Lipinski definition) is 4. The van der Waals surface area contributed by atoms with Crippen LogP contribution in [0, 0.1) is 12.7 Å². The summed E-state index contributed by atoms with van der Waals surface area (Å²) in [4.78, 5) is 27.7. The van der Waals surface area contributed by atoms with E-state index in [1.54, 1.807) is 26.0 Å². The average molecular weight is 581 g/mol. The first kappa shape index (κ1) is 29.4. The summed E-state index contributed by atoms with van der Waals surface area (Å²) < 4.78 is 41.9. The lowest BCUT2D eigenvalue weighted by atomic mass is 10.1. The number of carbonyl (C=O) groups is 2. The number of aryl methyl sites for hydroxylation is 1.